The molecule has 4 heteroatoms. The van der Waals surface area contributed by atoms with Crippen LogP contribution in [0.25, 0.3) is 0 Å². The molecule has 0 saturated carbocycles. The van der Waals surface area contributed by atoms with Crippen LogP contribution in [0.4, 0.5) is 5.13 Å². The molecule has 1 atom stereocenters. The molecule has 1 aliphatic carbocycles. The molecule has 0 spiro atoms. The van der Waals surface area contributed by atoms with Gasteiger partial charge in [-0.15, -0.1) is 10.2 Å². The van der Waals surface area contributed by atoms with Gasteiger partial charge < -0.3 is 5.32 Å². The molecule has 0 amide bonds. The van der Waals surface area contributed by atoms with Gasteiger partial charge in [0.15, 0.2) is 0 Å². The second kappa shape index (κ2) is 4.45. The van der Waals surface area contributed by atoms with Crippen molar-refractivity contribution < 1.29 is 0 Å². The molecule has 0 bridgehead atoms. The van der Waals surface area contributed by atoms with Crippen LogP contribution >= 0.6 is 11.3 Å². The molecule has 88 valence electrons. The molecule has 0 aliphatic heterocycles. The Morgan fingerprint density at radius 1 is 1.24 bits per heavy atom. The van der Waals surface area contributed by atoms with Crippen molar-refractivity contribution in [2.24, 2.45) is 0 Å². The summed E-state index contributed by atoms with van der Waals surface area (Å²) in [6, 6.07) is 9.21. The van der Waals surface area contributed by atoms with Crippen molar-refractivity contribution in [3.63, 3.8) is 0 Å². The second-order valence-electron chi connectivity index (χ2n) is 4.48. The highest BCUT2D eigenvalue weighted by Crippen LogP contribution is 2.24. The Morgan fingerprint density at radius 3 is 2.82 bits per heavy atom. The van der Waals surface area contributed by atoms with Gasteiger partial charge in [0.2, 0.25) is 5.13 Å². The average Bonchev–Trinajstić information content (AvgIpc) is 2.75. The smallest absolute Gasteiger partial charge is 0.205 e. The largest absolute Gasteiger partial charge is 0.357 e. The number of aromatic nitrogens is 2. The van der Waals surface area contributed by atoms with Crippen molar-refractivity contribution in [2.75, 3.05) is 5.32 Å². The van der Waals surface area contributed by atoms with E-state index < -0.39 is 0 Å². The maximum absolute atomic E-state index is 4.12. The van der Waals surface area contributed by atoms with Crippen LogP contribution in [-0.2, 0) is 12.8 Å². The van der Waals surface area contributed by atoms with E-state index in [1.165, 1.54) is 17.5 Å². The van der Waals surface area contributed by atoms with Gasteiger partial charge in [-0.05, 0) is 37.3 Å². The monoisotopic (exact) mass is 245 g/mol. The number of anilines is 1. The predicted octanol–water partition coefficient (Wildman–Crippen LogP) is 2.82. The summed E-state index contributed by atoms with van der Waals surface area (Å²) in [4.78, 5) is 0. The van der Waals surface area contributed by atoms with E-state index in [0.717, 1.165) is 23.0 Å². The Hall–Kier alpha value is -1.42. The molecule has 1 unspecified atom stereocenters. The van der Waals surface area contributed by atoms with Crippen molar-refractivity contribution in [2.45, 2.75) is 32.2 Å². The third kappa shape index (κ3) is 2.31. The van der Waals surface area contributed by atoms with Crippen molar-refractivity contribution >= 4 is 16.5 Å². The highest BCUT2D eigenvalue weighted by molar-refractivity contribution is 7.15. The maximum Gasteiger partial charge on any atom is 0.205 e. The lowest BCUT2D eigenvalue weighted by atomic mass is 9.88. The molecular weight excluding hydrogens is 230 g/mol. The summed E-state index contributed by atoms with van der Waals surface area (Å²) in [5.74, 6) is 0. The summed E-state index contributed by atoms with van der Waals surface area (Å²) in [6.07, 6.45) is 3.43. The van der Waals surface area contributed by atoms with E-state index in [9.17, 15) is 0 Å². The number of nitrogens with zero attached hydrogens (tertiary/aromatic N) is 2. The number of aryl methyl sites for hydroxylation is 2. The number of benzene rings is 1. The normalized spacial score (nSPS) is 18.8. The molecule has 0 saturated heterocycles. The predicted molar refractivity (Wildman–Crippen MR) is 70.5 cm³/mol. The van der Waals surface area contributed by atoms with E-state index in [4.69, 9.17) is 0 Å². The minimum Gasteiger partial charge on any atom is -0.357 e. The summed E-state index contributed by atoms with van der Waals surface area (Å²) in [6.45, 7) is 1.99. The molecule has 2 aromatic rings. The first-order chi connectivity index (χ1) is 8.31. The molecule has 1 aromatic carbocycles. The molecule has 1 aromatic heterocycles. The third-order valence-corrected chi connectivity index (χ3v) is 3.97. The zero-order chi connectivity index (χ0) is 11.7. The fourth-order valence-electron chi connectivity index (χ4n) is 2.35. The maximum atomic E-state index is 4.12. The fourth-order valence-corrected chi connectivity index (χ4v) is 3.02. The lowest BCUT2D eigenvalue weighted by molar-refractivity contribution is 0.609. The molecule has 1 heterocycles. The standard InChI is InChI=1S/C13H15N3S/c1-9-15-16-13(17-9)14-12-7-6-10-4-2-3-5-11(10)8-12/h2-5,12H,6-8H2,1H3,(H,14,16). The quantitative estimate of drug-likeness (QED) is 0.884. The molecule has 0 radical (unpaired) electrons. The Bertz CT molecular complexity index is 521. The van der Waals surface area contributed by atoms with Gasteiger partial charge in [-0.25, -0.2) is 0 Å². The Labute approximate surface area is 105 Å². The highest BCUT2D eigenvalue weighted by Gasteiger charge is 2.18. The second-order valence-corrected chi connectivity index (χ2v) is 5.66. The number of hydrogen-bond acceptors (Lipinski definition) is 4. The fraction of sp³-hybridized carbons (Fsp3) is 0.385. The van der Waals surface area contributed by atoms with Gasteiger partial charge in [-0.3, -0.25) is 0 Å². The number of nitrogens with one attached hydrogen (secondary N) is 1. The molecule has 1 N–H and O–H groups in total. The van der Waals surface area contributed by atoms with Crippen LogP contribution in [0.15, 0.2) is 24.3 Å². The first-order valence-electron chi connectivity index (χ1n) is 5.95. The Morgan fingerprint density at radius 2 is 2.06 bits per heavy atom. The van der Waals surface area contributed by atoms with Gasteiger partial charge in [0.25, 0.3) is 0 Å². The van der Waals surface area contributed by atoms with Crippen LogP contribution in [0, 0.1) is 6.92 Å². The minimum absolute atomic E-state index is 0.497. The number of hydrogen-bond donors (Lipinski definition) is 1. The van der Waals surface area contributed by atoms with Crippen LogP contribution in [0.3, 0.4) is 0 Å². The van der Waals surface area contributed by atoms with Crippen LogP contribution in [0.2, 0.25) is 0 Å². The summed E-state index contributed by atoms with van der Waals surface area (Å²) >= 11 is 1.63. The number of fused-ring (bicyclic) bond motifs is 1. The van der Waals surface area contributed by atoms with Crippen molar-refractivity contribution in [1.29, 1.82) is 0 Å². The van der Waals surface area contributed by atoms with Crippen molar-refractivity contribution in [3.05, 3.63) is 40.4 Å². The van der Waals surface area contributed by atoms with Crippen molar-refractivity contribution in [3.8, 4) is 0 Å². The lowest BCUT2D eigenvalue weighted by Crippen LogP contribution is -2.27. The summed E-state index contributed by atoms with van der Waals surface area (Å²) in [5.41, 5.74) is 2.97. The summed E-state index contributed by atoms with van der Waals surface area (Å²) in [7, 11) is 0. The molecule has 3 nitrogen and oxygen atoms in total. The van der Waals surface area contributed by atoms with E-state index in [0.29, 0.717) is 6.04 Å². The summed E-state index contributed by atoms with van der Waals surface area (Å²) in [5, 5.41) is 13.6. The number of rotatable bonds is 2. The SMILES string of the molecule is Cc1nnc(NC2CCc3ccccc3C2)s1. The molecule has 0 fully saturated rings. The first-order valence-corrected chi connectivity index (χ1v) is 6.76. The zero-order valence-electron chi connectivity index (χ0n) is 9.81. The summed E-state index contributed by atoms with van der Waals surface area (Å²) < 4.78 is 0. The van der Waals surface area contributed by atoms with Crippen LogP contribution < -0.4 is 5.32 Å². The Balaban J connectivity index is 1.72. The topological polar surface area (TPSA) is 37.8 Å². The van der Waals surface area contributed by atoms with E-state index in [2.05, 4.69) is 39.8 Å². The van der Waals surface area contributed by atoms with Gasteiger partial charge in [-0.1, -0.05) is 35.6 Å². The van der Waals surface area contributed by atoms with Gasteiger partial charge in [-0.2, -0.15) is 0 Å². The van der Waals surface area contributed by atoms with Gasteiger partial charge in [0.05, 0.1) is 0 Å². The molecular formula is C13H15N3S. The van der Waals surface area contributed by atoms with Crippen molar-refractivity contribution in [1.82, 2.24) is 10.2 Å². The highest BCUT2D eigenvalue weighted by atomic mass is 32.1. The molecule has 17 heavy (non-hydrogen) atoms. The van der Waals surface area contributed by atoms with E-state index >= 15 is 0 Å². The van der Waals surface area contributed by atoms with Gasteiger partial charge in [0.1, 0.15) is 5.01 Å². The zero-order valence-corrected chi connectivity index (χ0v) is 10.6. The average molecular weight is 245 g/mol. The van der Waals surface area contributed by atoms with Crippen LogP contribution in [-0.4, -0.2) is 16.2 Å². The third-order valence-electron chi connectivity index (χ3n) is 3.20. The lowest BCUT2D eigenvalue weighted by Gasteiger charge is -2.24. The molecule has 1 aliphatic rings. The van der Waals surface area contributed by atoms with E-state index in [1.54, 1.807) is 11.3 Å². The van der Waals surface area contributed by atoms with Crippen LogP contribution in [0.5, 0.6) is 0 Å². The Kier molecular flexibility index (Phi) is 2.81. The molecule has 3 rings (SSSR count). The first kappa shape index (κ1) is 10.7. The van der Waals surface area contributed by atoms with Gasteiger partial charge in [0, 0.05) is 6.04 Å². The van der Waals surface area contributed by atoms with E-state index in [-0.39, 0.29) is 0 Å². The minimum atomic E-state index is 0.497. The van der Waals surface area contributed by atoms with Crippen LogP contribution in [0.1, 0.15) is 22.6 Å². The van der Waals surface area contributed by atoms with Gasteiger partial charge >= 0.3 is 0 Å². The van der Waals surface area contributed by atoms with E-state index in [1.807, 2.05) is 6.92 Å².